The summed E-state index contributed by atoms with van der Waals surface area (Å²) >= 11 is 0. The highest BCUT2D eigenvalue weighted by Gasteiger charge is 2.44. The molecule has 7 nitrogen and oxygen atoms in total. The lowest BCUT2D eigenvalue weighted by Crippen LogP contribution is -2.50. The molecule has 1 amide bonds. The van der Waals surface area contributed by atoms with Gasteiger partial charge < -0.3 is 25.7 Å². The Morgan fingerprint density at radius 3 is 2.71 bits per heavy atom. The van der Waals surface area contributed by atoms with E-state index in [-0.39, 0.29) is 11.7 Å². The molecule has 0 aliphatic carbocycles. The van der Waals surface area contributed by atoms with Crippen molar-refractivity contribution in [1.82, 2.24) is 0 Å². The van der Waals surface area contributed by atoms with E-state index in [9.17, 15) is 4.79 Å². The average molecular weight is 293 g/mol. The maximum atomic E-state index is 12.7. The first-order chi connectivity index (χ1) is 10.1. The molecule has 1 aliphatic rings. The number of amidine groups is 1. The zero-order valence-electron chi connectivity index (χ0n) is 11.8. The van der Waals surface area contributed by atoms with Crippen LogP contribution in [0, 0.1) is 5.41 Å². The number of amides is 1. The molecule has 114 valence electrons. The van der Waals surface area contributed by atoms with Gasteiger partial charge in [-0.05, 0) is 25.0 Å². The molecule has 2 rings (SSSR count). The number of rotatable bonds is 4. The van der Waals surface area contributed by atoms with Gasteiger partial charge >= 0.3 is 0 Å². The van der Waals surface area contributed by atoms with Crippen LogP contribution < -0.4 is 15.8 Å². The average Bonchev–Trinajstić information content (AvgIpc) is 2.55. The SMILES string of the molecule is COc1ccccc1NC(=O)C1(C(N)=NO)CCOCC1. The van der Waals surface area contributed by atoms with Crippen molar-refractivity contribution in [3.05, 3.63) is 24.3 Å². The molecule has 0 radical (unpaired) electrons. The number of benzene rings is 1. The van der Waals surface area contributed by atoms with Gasteiger partial charge in [0.1, 0.15) is 11.2 Å². The fourth-order valence-electron chi connectivity index (χ4n) is 2.40. The van der Waals surface area contributed by atoms with Gasteiger partial charge in [0.15, 0.2) is 5.84 Å². The molecule has 0 atom stereocenters. The predicted octanol–water partition coefficient (Wildman–Crippen LogP) is 1.18. The van der Waals surface area contributed by atoms with Crippen LogP contribution in [0.5, 0.6) is 5.75 Å². The first-order valence-electron chi connectivity index (χ1n) is 6.64. The minimum atomic E-state index is -1.06. The van der Waals surface area contributed by atoms with Crippen LogP contribution in [0.15, 0.2) is 29.4 Å². The van der Waals surface area contributed by atoms with Crippen LogP contribution in [0.1, 0.15) is 12.8 Å². The topological polar surface area (TPSA) is 106 Å². The molecule has 1 aliphatic heterocycles. The Bertz CT molecular complexity index is 539. The number of oxime groups is 1. The molecule has 0 spiro atoms. The number of hydrogen-bond acceptors (Lipinski definition) is 5. The van der Waals surface area contributed by atoms with Crippen LogP contribution >= 0.6 is 0 Å². The van der Waals surface area contributed by atoms with E-state index in [0.717, 1.165) is 0 Å². The van der Waals surface area contributed by atoms with Crippen molar-refractivity contribution in [2.24, 2.45) is 16.3 Å². The van der Waals surface area contributed by atoms with Gasteiger partial charge in [0, 0.05) is 13.2 Å². The fraction of sp³-hybridized carbons (Fsp3) is 0.429. The van der Waals surface area contributed by atoms with Crippen LogP contribution in [0.25, 0.3) is 0 Å². The Balaban J connectivity index is 2.27. The van der Waals surface area contributed by atoms with Crippen molar-refractivity contribution in [3.8, 4) is 5.75 Å². The third-order valence-electron chi connectivity index (χ3n) is 3.73. The first-order valence-corrected chi connectivity index (χ1v) is 6.64. The van der Waals surface area contributed by atoms with Crippen LogP contribution in [0.2, 0.25) is 0 Å². The summed E-state index contributed by atoms with van der Waals surface area (Å²) in [5.41, 5.74) is 5.24. The maximum Gasteiger partial charge on any atom is 0.238 e. The minimum Gasteiger partial charge on any atom is -0.495 e. The Hall–Kier alpha value is -2.28. The molecule has 0 saturated carbocycles. The summed E-state index contributed by atoms with van der Waals surface area (Å²) in [5.74, 6) is 0.122. The molecular weight excluding hydrogens is 274 g/mol. The quantitative estimate of drug-likeness (QED) is 0.334. The molecule has 7 heteroatoms. The lowest BCUT2D eigenvalue weighted by molar-refractivity contribution is -0.126. The molecule has 1 fully saturated rings. The number of ether oxygens (including phenoxy) is 2. The summed E-state index contributed by atoms with van der Waals surface area (Å²) in [6.45, 7) is 0.769. The van der Waals surface area contributed by atoms with Crippen molar-refractivity contribution < 1.29 is 19.5 Å². The van der Waals surface area contributed by atoms with E-state index in [4.69, 9.17) is 20.4 Å². The zero-order valence-corrected chi connectivity index (χ0v) is 11.8. The molecule has 0 bridgehead atoms. The van der Waals surface area contributed by atoms with Crippen molar-refractivity contribution in [1.29, 1.82) is 0 Å². The molecule has 1 aromatic rings. The number of carbonyl (C=O) groups excluding carboxylic acids is 1. The van der Waals surface area contributed by atoms with E-state index in [0.29, 0.717) is 37.5 Å². The van der Waals surface area contributed by atoms with Gasteiger partial charge in [-0.15, -0.1) is 0 Å². The Morgan fingerprint density at radius 2 is 2.10 bits per heavy atom. The van der Waals surface area contributed by atoms with Crippen molar-refractivity contribution >= 4 is 17.4 Å². The van der Waals surface area contributed by atoms with Crippen LogP contribution in [0.3, 0.4) is 0 Å². The summed E-state index contributed by atoms with van der Waals surface area (Å²) in [6, 6.07) is 7.08. The van der Waals surface area contributed by atoms with Gasteiger partial charge in [-0.1, -0.05) is 17.3 Å². The van der Waals surface area contributed by atoms with Gasteiger partial charge in [0.2, 0.25) is 5.91 Å². The minimum absolute atomic E-state index is 0.0989. The second kappa shape index (κ2) is 6.45. The van der Waals surface area contributed by atoms with E-state index >= 15 is 0 Å². The van der Waals surface area contributed by atoms with Crippen LogP contribution in [0.4, 0.5) is 5.69 Å². The Labute approximate surface area is 122 Å². The van der Waals surface area contributed by atoms with Gasteiger partial charge in [-0.25, -0.2) is 0 Å². The highest BCUT2D eigenvalue weighted by atomic mass is 16.5. The lowest BCUT2D eigenvalue weighted by atomic mass is 9.78. The molecular formula is C14H19N3O4. The largest absolute Gasteiger partial charge is 0.495 e. The zero-order chi connectivity index (χ0) is 15.3. The number of carbonyl (C=O) groups is 1. The number of nitrogens with two attached hydrogens (primary N) is 1. The number of methoxy groups -OCH3 is 1. The number of para-hydroxylation sites is 2. The number of nitrogens with one attached hydrogen (secondary N) is 1. The smallest absolute Gasteiger partial charge is 0.238 e. The highest BCUT2D eigenvalue weighted by molar-refractivity contribution is 6.12. The Kier molecular flexibility index (Phi) is 4.64. The summed E-state index contributed by atoms with van der Waals surface area (Å²) in [7, 11) is 1.53. The number of hydrogen-bond donors (Lipinski definition) is 3. The maximum absolute atomic E-state index is 12.7. The van der Waals surface area contributed by atoms with Crippen LogP contribution in [-0.2, 0) is 9.53 Å². The van der Waals surface area contributed by atoms with Crippen molar-refractivity contribution in [2.75, 3.05) is 25.6 Å². The number of nitrogens with zero attached hydrogens (tertiary/aromatic N) is 1. The molecule has 0 unspecified atom stereocenters. The fourth-order valence-corrected chi connectivity index (χ4v) is 2.40. The molecule has 1 aromatic carbocycles. The van der Waals surface area contributed by atoms with Gasteiger partial charge in [-0.3, -0.25) is 4.79 Å². The Morgan fingerprint density at radius 1 is 1.43 bits per heavy atom. The third-order valence-corrected chi connectivity index (χ3v) is 3.73. The van der Waals surface area contributed by atoms with E-state index in [2.05, 4.69) is 10.5 Å². The summed E-state index contributed by atoms with van der Waals surface area (Å²) in [4.78, 5) is 12.7. The van der Waals surface area contributed by atoms with Crippen molar-refractivity contribution in [3.63, 3.8) is 0 Å². The van der Waals surface area contributed by atoms with Crippen molar-refractivity contribution in [2.45, 2.75) is 12.8 Å². The van der Waals surface area contributed by atoms with E-state index in [1.54, 1.807) is 18.2 Å². The molecule has 1 saturated heterocycles. The summed E-state index contributed by atoms with van der Waals surface area (Å²) in [5, 5.41) is 14.8. The van der Waals surface area contributed by atoms with Gasteiger partial charge in [-0.2, -0.15) is 0 Å². The normalized spacial score (nSPS) is 18.0. The second-order valence-electron chi connectivity index (χ2n) is 4.83. The number of anilines is 1. The predicted molar refractivity (Wildman–Crippen MR) is 77.5 cm³/mol. The molecule has 1 heterocycles. The van der Waals surface area contributed by atoms with Crippen LogP contribution in [-0.4, -0.2) is 37.3 Å². The lowest BCUT2D eigenvalue weighted by Gasteiger charge is -2.34. The van der Waals surface area contributed by atoms with Gasteiger partial charge in [0.25, 0.3) is 0 Å². The van der Waals surface area contributed by atoms with E-state index in [1.165, 1.54) is 7.11 Å². The third kappa shape index (κ3) is 2.92. The summed E-state index contributed by atoms with van der Waals surface area (Å²) in [6.07, 6.45) is 0.730. The second-order valence-corrected chi connectivity index (χ2v) is 4.83. The standard InChI is InChI=1S/C14H19N3O4/c1-20-11-5-3-2-4-10(11)16-13(18)14(12(15)17-19)6-8-21-9-7-14/h2-5,19H,6-9H2,1H3,(H2,15,17)(H,16,18). The van der Waals surface area contributed by atoms with E-state index < -0.39 is 5.41 Å². The first kappa shape index (κ1) is 15.1. The monoisotopic (exact) mass is 293 g/mol. The van der Waals surface area contributed by atoms with Gasteiger partial charge in [0.05, 0.1) is 12.8 Å². The highest BCUT2D eigenvalue weighted by Crippen LogP contribution is 2.34. The molecule has 0 aromatic heterocycles. The molecule has 21 heavy (non-hydrogen) atoms. The summed E-state index contributed by atoms with van der Waals surface area (Å²) < 4.78 is 10.5. The van der Waals surface area contributed by atoms with E-state index in [1.807, 2.05) is 6.07 Å². The molecule has 4 N–H and O–H groups in total.